The molecule has 0 bridgehead atoms. The highest BCUT2D eigenvalue weighted by atomic mass is 79.9. The van der Waals surface area contributed by atoms with E-state index in [2.05, 4.69) is 20.9 Å². The Morgan fingerprint density at radius 3 is 2.76 bits per heavy atom. The third-order valence-corrected chi connectivity index (χ3v) is 4.01. The van der Waals surface area contributed by atoms with Crippen LogP contribution in [0.3, 0.4) is 0 Å². The monoisotopic (exact) mass is 346 g/mol. The second-order valence-corrected chi connectivity index (χ2v) is 5.29. The maximum atomic E-state index is 14.1. The van der Waals surface area contributed by atoms with Gasteiger partial charge in [0.1, 0.15) is 5.75 Å². The molecule has 106 valence electrons. The van der Waals surface area contributed by atoms with Crippen LogP contribution >= 0.6 is 15.9 Å². The molecule has 0 unspecified atom stereocenters. The first-order chi connectivity index (χ1) is 10.2. The fraction of sp³-hybridized carbons (Fsp3) is 0.0625. The lowest BCUT2D eigenvalue weighted by molar-refractivity contribution is 0.417. The van der Waals surface area contributed by atoms with Crippen molar-refractivity contribution in [2.75, 3.05) is 0 Å². The standard InChI is InChI=1S/C16H12BrFN2O/c17-14-12-4-2-1-3-10(12)5-6-13(14)21-16-15(18)11(9-19)7-8-20-16/h1-8H,9,19H2. The van der Waals surface area contributed by atoms with E-state index in [-0.39, 0.29) is 12.4 Å². The summed E-state index contributed by atoms with van der Waals surface area (Å²) in [6.07, 6.45) is 1.48. The van der Waals surface area contributed by atoms with E-state index in [0.717, 1.165) is 15.2 Å². The molecule has 21 heavy (non-hydrogen) atoms. The third kappa shape index (κ3) is 2.62. The average molecular weight is 347 g/mol. The van der Waals surface area contributed by atoms with Crippen LogP contribution < -0.4 is 10.5 Å². The smallest absolute Gasteiger partial charge is 0.256 e. The highest BCUT2D eigenvalue weighted by Gasteiger charge is 2.13. The molecule has 0 amide bonds. The average Bonchev–Trinajstić information content (AvgIpc) is 2.52. The van der Waals surface area contributed by atoms with Crippen molar-refractivity contribution >= 4 is 26.7 Å². The van der Waals surface area contributed by atoms with Crippen LogP contribution in [0.5, 0.6) is 11.6 Å². The minimum Gasteiger partial charge on any atom is -0.435 e. The number of ether oxygens (including phenoxy) is 1. The predicted octanol–water partition coefficient (Wildman–Crippen LogP) is 4.39. The first-order valence-corrected chi connectivity index (χ1v) is 7.18. The molecule has 1 heterocycles. The van der Waals surface area contributed by atoms with Crippen molar-refractivity contribution in [3.8, 4) is 11.6 Å². The van der Waals surface area contributed by atoms with Gasteiger partial charge in [-0.15, -0.1) is 0 Å². The molecule has 5 heteroatoms. The van der Waals surface area contributed by atoms with E-state index in [1.54, 1.807) is 6.07 Å². The van der Waals surface area contributed by atoms with E-state index in [4.69, 9.17) is 10.5 Å². The summed E-state index contributed by atoms with van der Waals surface area (Å²) in [5.41, 5.74) is 5.86. The van der Waals surface area contributed by atoms with E-state index >= 15 is 0 Å². The maximum Gasteiger partial charge on any atom is 0.256 e. The van der Waals surface area contributed by atoms with E-state index in [9.17, 15) is 4.39 Å². The van der Waals surface area contributed by atoms with Gasteiger partial charge in [-0.05, 0) is 38.8 Å². The normalized spacial score (nSPS) is 10.8. The second kappa shape index (κ2) is 5.79. The van der Waals surface area contributed by atoms with Gasteiger partial charge in [0.15, 0.2) is 5.82 Å². The molecule has 0 atom stereocenters. The van der Waals surface area contributed by atoms with Gasteiger partial charge >= 0.3 is 0 Å². The molecule has 0 aliphatic rings. The fourth-order valence-electron chi connectivity index (χ4n) is 2.09. The van der Waals surface area contributed by atoms with Crippen LogP contribution in [0, 0.1) is 5.82 Å². The fourth-order valence-corrected chi connectivity index (χ4v) is 2.66. The van der Waals surface area contributed by atoms with Crippen LogP contribution in [0.25, 0.3) is 10.8 Å². The molecule has 2 aromatic carbocycles. The van der Waals surface area contributed by atoms with E-state index in [1.807, 2.05) is 30.3 Å². The number of benzene rings is 2. The molecule has 0 aliphatic carbocycles. The van der Waals surface area contributed by atoms with Crippen LogP contribution in [0.4, 0.5) is 4.39 Å². The Labute approximate surface area is 129 Å². The Morgan fingerprint density at radius 1 is 1.14 bits per heavy atom. The Hall–Kier alpha value is -1.98. The predicted molar refractivity (Wildman–Crippen MR) is 83.8 cm³/mol. The first-order valence-electron chi connectivity index (χ1n) is 6.39. The number of halogens is 2. The van der Waals surface area contributed by atoms with Crippen molar-refractivity contribution < 1.29 is 9.13 Å². The summed E-state index contributed by atoms with van der Waals surface area (Å²) in [4.78, 5) is 3.93. The van der Waals surface area contributed by atoms with Gasteiger partial charge in [-0.3, -0.25) is 0 Å². The largest absolute Gasteiger partial charge is 0.435 e. The maximum absolute atomic E-state index is 14.1. The van der Waals surface area contributed by atoms with Crippen molar-refractivity contribution in [3.05, 3.63) is 64.5 Å². The van der Waals surface area contributed by atoms with Gasteiger partial charge < -0.3 is 10.5 Å². The summed E-state index contributed by atoms with van der Waals surface area (Å²) in [6, 6.07) is 13.1. The lowest BCUT2D eigenvalue weighted by atomic mass is 10.1. The van der Waals surface area contributed by atoms with E-state index in [0.29, 0.717) is 11.3 Å². The van der Waals surface area contributed by atoms with Crippen LogP contribution in [-0.2, 0) is 6.54 Å². The summed E-state index contributed by atoms with van der Waals surface area (Å²) >= 11 is 3.50. The van der Waals surface area contributed by atoms with Gasteiger partial charge in [-0.25, -0.2) is 9.37 Å². The van der Waals surface area contributed by atoms with Crippen LogP contribution in [0.15, 0.2) is 53.1 Å². The van der Waals surface area contributed by atoms with Crippen LogP contribution in [0.2, 0.25) is 0 Å². The Balaban J connectivity index is 2.04. The molecule has 0 spiro atoms. The number of nitrogens with two attached hydrogens (primary N) is 1. The van der Waals surface area contributed by atoms with E-state index < -0.39 is 5.82 Å². The molecular formula is C16H12BrFN2O. The topological polar surface area (TPSA) is 48.1 Å². The number of nitrogens with zero attached hydrogens (tertiary/aromatic N) is 1. The summed E-state index contributed by atoms with van der Waals surface area (Å²) in [6.45, 7) is 0.101. The number of hydrogen-bond acceptors (Lipinski definition) is 3. The van der Waals surface area contributed by atoms with Crippen molar-refractivity contribution in [1.29, 1.82) is 0 Å². The zero-order chi connectivity index (χ0) is 14.8. The molecule has 2 N–H and O–H groups in total. The summed E-state index contributed by atoms with van der Waals surface area (Å²) in [5.74, 6) is -0.0942. The summed E-state index contributed by atoms with van der Waals surface area (Å²) in [5, 5.41) is 2.06. The number of rotatable bonds is 3. The SMILES string of the molecule is NCc1ccnc(Oc2ccc3ccccc3c2Br)c1F. The molecule has 0 aliphatic heterocycles. The third-order valence-electron chi connectivity index (χ3n) is 3.19. The molecular weight excluding hydrogens is 335 g/mol. The zero-order valence-electron chi connectivity index (χ0n) is 11.0. The molecule has 3 rings (SSSR count). The van der Waals surface area contributed by atoms with Gasteiger partial charge in [-0.2, -0.15) is 0 Å². The number of pyridine rings is 1. The minimum atomic E-state index is -0.528. The molecule has 3 aromatic rings. The Kier molecular flexibility index (Phi) is 3.86. The molecule has 0 saturated carbocycles. The Morgan fingerprint density at radius 2 is 1.95 bits per heavy atom. The van der Waals surface area contributed by atoms with Crippen molar-refractivity contribution in [3.63, 3.8) is 0 Å². The van der Waals surface area contributed by atoms with E-state index in [1.165, 1.54) is 12.3 Å². The summed E-state index contributed by atoms with van der Waals surface area (Å²) in [7, 11) is 0. The van der Waals surface area contributed by atoms with Crippen LogP contribution in [-0.4, -0.2) is 4.98 Å². The minimum absolute atomic E-state index is 0.0751. The second-order valence-electron chi connectivity index (χ2n) is 4.49. The molecule has 0 saturated heterocycles. The van der Waals surface area contributed by atoms with Crippen molar-refractivity contribution in [2.24, 2.45) is 5.73 Å². The summed E-state index contributed by atoms with van der Waals surface area (Å²) < 4.78 is 20.5. The lowest BCUT2D eigenvalue weighted by Gasteiger charge is -2.11. The Bertz CT molecular complexity index is 807. The molecule has 0 fully saturated rings. The number of hydrogen-bond donors (Lipinski definition) is 1. The molecule has 0 radical (unpaired) electrons. The molecule has 1 aromatic heterocycles. The van der Waals surface area contributed by atoms with Crippen molar-refractivity contribution in [1.82, 2.24) is 4.98 Å². The highest BCUT2D eigenvalue weighted by Crippen LogP contribution is 2.36. The molecule has 3 nitrogen and oxygen atoms in total. The van der Waals surface area contributed by atoms with Crippen molar-refractivity contribution in [2.45, 2.75) is 6.54 Å². The van der Waals surface area contributed by atoms with Crippen LogP contribution in [0.1, 0.15) is 5.56 Å². The quantitative estimate of drug-likeness (QED) is 0.765. The van der Waals surface area contributed by atoms with Gasteiger partial charge in [0.05, 0.1) is 4.47 Å². The van der Waals surface area contributed by atoms with Gasteiger partial charge in [0, 0.05) is 18.3 Å². The number of fused-ring (bicyclic) bond motifs is 1. The number of aromatic nitrogens is 1. The zero-order valence-corrected chi connectivity index (χ0v) is 12.6. The van der Waals surface area contributed by atoms with Gasteiger partial charge in [0.2, 0.25) is 0 Å². The lowest BCUT2D eigenvalue weighted by Crippen LogP contribution is -2.02. The van der Waals surface area contributed by atoms with Gasteiger partial charge in [0.25, 0.3) is 5.88 Å². The highest BCUT2D eigenvalue weighted by molar-refractivity contribution is 9.10. The first kappa shape index (κ1) is 14.0. The van der Waals surface area contributed by atoms with Gasteiger partial charge in [-0.1, -0.05) is 30.3 Å².